The molecule has 6 atom stereocenters. The highest BCUT2D eigenvalue weighted by molar-refractivity contribution is 5.70. The van der Waals surface area contributed by atoms with Crippen molar-refractivity contribution in [2.45, 2.75) is 269 Å². The Morgan fingerprint density at radius 1 is 0.508 bits per heavy atom. The Labute approximate surface area is 373 Å². The van der Waals surface area contributed by atoms with Gasteiger partial charge in [0.15, 0.2) is 12.4 Å². The Bertz CT molecular complexity index is 1050. The smallest absolute Gasteiger partial charge is 0.306 e. The van der Waals surface area contributed by atoms with E-state index < -0.39 is 49.4 Å². The average molecular weight is 867 g/mol. The summed E-state index contributed by atoms with van der Waals surface area (Å²) >= 11 is 0. The van der Waals surface area contributed by atoms with Crippen LogP contribution < -0.4 is 0 Å². The molecule has 2 unspecified atom stereocenters. The van der Waals surface area contributed by atoms with Gasteiger partial charge < -0.3 is 39.4 Å². The van der Waals surface area contributed by atoms with Gasteiger partial charge in [-0.1, -0.05) is 199 Å². The van der Waals surface area contributed by atoms with Crippen LogP contribution in [0, 0.1) is 0 Å². The van der Waals surface area contributed by atoms with E-state index in [0.717, 1.165) is 51.4 Å². The molecule has 0 aromatic heterocycles. The maximum Gasteiger partial charge on any atom is 0.306 e. The molecule has 0 spiro atoms. The number of rotatable bonds is 43. The molecule has 4 N–H and O–H groups in total. The zero-order valence-electron chi connectivity index (χ0n) is 39.2. The number of hydrogen-bond acceptors (Lipinski definition) is 10. The van der Waals surface area contributed by atoms with E-state index in [0.29, 0.717) is 6.42 Å². The van der Waals surface area contributed by atoms with Gasteiger partial charge in [0.25, 0.3) is 0 Å². The van der Waals surface area contributed by atoms with E-state index in [4.69, 9.17) is 18.9 Å². The van der Waals surface area contributed by atoms with Crippen LogP contribution >= 0.6 is 0 Å². The third kappa shape index (κ3) is 33.4. The van der Waals surface area contributed by atoms with Crippen LogP contribution in [0.25, 0.3) is 0 Å². The quantitative estimate of drug-likeness (QED) is 0.0265. The van der Waals surface area contributed by atoms with Gasteiger partial charge in [0.1, 0.15) is 31.0 Å². The van der Waals surface area contributed by atoms with Gasteiger partial charge in [-0.25, -0.2) is 0 Å². The molecule has 1 aliphatic heterocycles. The molecular weight excluding hydrogens is 773 g/mol. The van der Waals surface area contributed by atoms with E-state index in [1.807, 2.05) is 0 Å². The second-order valence-electron chi connectivity index (χ2n) is 17.6. The Morgan fingerprint density at radius 3 is 1.39 bits per heavy atom. The number of hydrogen-bond donors (Lipinski definition) is 4. The highest BCUT2D eigenvalue weighted by Gasteiger charge is 2.44. The van der Waals surface area contributed by atoms with E-state index in [1.54, 1.807) is 0 Å². The Balaban J connectivity index is 2.26. The number of ether oxygens (including phenoxy) is 4. The summed E-state index contributed by atoms with van der Waals surface area (Å²) in [6, 6.07) is 0. The van der Waals surface area contributed by atoms with Crippen molar-refractivity contribution in [2.75, 3.05) is 19.8 Å². The summed E-state index contributed by atoms with van der Waals surface area (Å²) in [5.74, 6) is -0.799. The van der Waals surface area contributed by atoms with Gasteiger partial charge in [0.2, 0.25) is 0 Å². The van der Waals surface area contributed by atoms with Gasteiger partial charge in [-0.3, -0.25) is 9.59 Å². The number of carbonyl (C=O) groups is 2. The Morgan fingerprint density at radius 2 is 0.918 bits per heavy atom. The normalized spacial score (nSPS) is 19.9. The van der Waals surface area contributed by atoms with E-state index in [-0.39, 0.29) is 32.0 Å². The molecule has 1 heterocycles. The zero-order valence-corrected chi connectivity index (χ0v) is 39.2. The van der Waals surface area contributed by atoms with Crippen LogP contribution in [0.15, 0.2) is 24.3 Å². The average Bonchev–Trinajstić information content (AvgIpc) is 3.26. The van der Waals surface area contributed by atoms with Gasteiger partial charge in [-0.2, -0.15) is 0 Å². The van der Waals surface area contributed by atoms with Crippen molar-refractivity contribution in [1.82, 2.24) is 0 Å². The molecule has 1 fully saturated rings. The lowest BCUT2D eigenvalue weighted by Crippen LogP contribution is -2.59. The van der Waals surface area contributed by atoms with Crippen molar-refractivity contribution in [2.24, 2.45) is 0 Å². The fourth-order valence-corrected chi connectivity index (χ4v) is 7.81. The third-order valence-electron chi connectivity index (χ3n) is 11.8. The maximum absolute atomic E-state index is 12.8. The molecule has 0 radical (unpaired) electrons. The molecule has 1 rings (SSSR count). The van der Waals surface area contributed by atoms with Crippen molar-refractivity contribution >= 4 is 11.9 Å². The highest BCUT2D eigenvalue weighted by Crippen LogP contribution is 2.23. The summed E-state index contributed by atoms with van der Waals surface area (Å²) < 4.78 is 22.2. The summed E-state index contributed by atoms with van der Waals surface area (Å²) in [6.07, 6.45) is 40.3. The van der Waals surface area contributed by atoms with Crippen LogP contribution in [0.4, 0.5) is 0 Å². The van der Waals surface area contributed by atoms with Crippen molar-refractivity contribution < 1.29 is 49.0 Å². The SMILES string of the molecule is CCCCC/C=C/C/C=C/CCCCCCCCCCCC(=O)O[C@H](COC(=O)CCCCCCCCCCCCCCCCCCC)CO[C@@H]1O[C@H](CO)[C@H](O)C(O)C1O. The lowest BCUT2D eigenvalue weighted by atomic mass is 9.99. The van der Waals surface area contributed by atoms with Gasteiger partial charge in [0.05, 0.1) is 13.2 Å². The molecule has 1 aliphatic rings. The molecule has 0 aromatic rings. The molecule has 10 heteroatoms. The number of aliphatic hydroxyl groups excluding tert-OH is 4. The Kier molecular flexibility index (Phi) is 39.5. The van der Waals surface area contributed by atoms with Crippen molar-refractivity contribution in [1.29, 1.82) is 0 Å². The van der Waals surface area contributed by atoms with E-state index in [2.05, 4.69) is 38.2 Å². The summed E-state index contributed by atoms with van der Waals surface area (Å²) in [7, 11) is 0. The minimum atomic E-state index is -1.59. The largest absolute Gasteiger partial charge is 0.462 e. The number of allylic oxidation sites excluding steroid dienone is 4. The summed E-state index contributed by atoms with van der Waals surface area (Å²) in [4.78, 5) is 25.4. The topological polar surface area (TPSA) is 152 Å². The molecule has 358 valence electrons. The second kappa shape index (κ2) is 42.1. The molecule has 61 heavy (non-hydrogen) atoms. The minimum Gasteiger partial charge on any atom is -0.462 e. The van der Waals surface area contributed by atoms with Crippen LogP contribution in [0.5, 0.6) is 0 Å². The molecule has 0 amide bonds. The summed E-state index contributed by atoms with van der Waals surface area (Å²) in [5.41, 5.74) is 0. The summed E-state index contributed by atoms with van der Waals surface area (Å²) in [6.45, 7) is 3.43. The van der Waals surface area contributed by atoms with Gasteiger partial charge in [0, 0.05) is 12.8 Å². The predicted octanol–water partition coefficient (Wildman–Crippen LogP) is 11.7. The van der Waals surface area contributed by atoms with E-state index in [1.165, 1.54) is 148 Å². The number of aliphatic hydroxyl groups is 4. The van der Waals surface area contributed by atoms with Crippen LogP contribution in [0.3, 0.4) is 0 Å². The predicted molar refractivity (Wildman–Crippen MR) is 247 cm³/mol. The van der Waals surface area contributed by atoms with Gasteiger partial charge >= 0.3 is 11.9 Å². The van der Waals surface area contributed by atoms with Gasteiger partial charge in [-0.05, 0) is 44.9 Å². The summed E-state index contributed by atoms with van der Waals surface area (Å²) in [5, 5.41) is 40.2. The highest BCUT2D eigenvalue weighted by atomic mass is 16.7. The van der Waals surface area contributed by atoms with Crippen LogP contribution in [-0.4, -0.2) is 89.0 Å². The first-order valence-corrected chi connectivity index (χ1v) is 25.4. The number of unbranched alkanes of at least 4 members (excludes halogenated alkanes) is 28. The van der Waals surface area contributed by atoms with Crippen LogP contribution in [0.2, 0.25) is 0 Å². The molecule has 10 nitrogen and oxygen atoms in total. The van der Waals surface area contributed by atoms with Gasteiger partial charge in [-0.15, -0.1) is 0 Å². The Hall–Kier alpha value is -1.82. The van der Waals surface area contributed by atoms with Crippen molar-refractivity contribution in [3.63, 3.8) is 0 Å². The van der Waals surface area contributed by atoms with E-state index >= 15 is 0 Å². The molecule has 0 saturated carbocycles. The molecular formula is C51H94O10. The van der Waals surface area contributed by atoms with Crippen LogP contribution in [-0.2, 0) is 28.5 Å². The standard InChI is InChI=1S/C51H94O10/c1-3-5-7-9-11-13-15-17-19-21-22-24-26-28-30-32-34-36-38-40-47(54)60-44(43-59-51-50(57)49(56)48(55)45(41-52)61-51)42-58-46(53)39-37-35-33-31-29-27-25-23-20-18-16-14-12-10-8-6-4-2/h11,13,17,19,44-45,48-52,55-57H,3-10,12,14-16,18,20-43H2,1-2H3/b13-11+,19-17+/t44-,45-,48+,49?,50?,51-/m1/s1. The third-order valence-corrected chi connectivity index (χ3v) is 11.8. The second-order valence-corrected chi connectivity index (χ2v) is 17.6. The molecule has 0 aromatic carbocycles. The lowest BCUT2D eigenvalue weighted by molar-refractivity contribution is -0.305. The zero-order chi connectivity index (χ0) is 44.4. The monoisotopic (exact) mass is 867 g/mol. The van der Waals surface area contributed by atoms with E-state index in [9.17, 15) is 30.0 Å². The number of esters is 2. The van der Waals surface area contributed by atoms with Crippen LogP contribution in [0.1, 0.15) is 232 Å². The fourth-order valence-electron chi connectivity index (χ4n) is 7.81. The number of carbonyl (C=O) groups excluding carboxylic acids is 2. The molecule has 1 saturated heterocycles. The first-order valence-electron chi connectivity index (χ1n) is 25.4. The van der Waals surface area contributed by atoms with Crippen molar-refractivity contribution in [3.8, 4) is 0 Å². The fraction of sp³-hybridized carbons (Fsp3) is 0.882. The first-order chi connectivity index (χ1) is 29.8. The van der Waals surface area contributed by atoms with Crippen molar-refractivity contribution in [3.05, 3.63) is 24.3 Å². The molecule has 0 bridgehead atoms. The maximum atomic E-state index is 12.8. The lowest BCUT2D eigenvalue weighted by Gasteiger charge is -2.39. The molecule has 0 aliphatic carbocycles. The first kappa shape index (κ1) is 57.2. The minimum absolute atomic E-state index is 0.215.